The van der Waals surface area contributed by atoms with Crippen LogP contribution in [0.25, 0.3) is 0 Å². The fraction of sp³-hybridized carbons (Fsp3) is 0.333. The van der Waals surface area contributed by atoms with E-state index in [1.54, 1.807) is 0 Å². The van der Waals surface area contributed by atoms with Crippen LogP contribution in [0.2, 0.25) is 10.6 Å². The van der Waals surface area contributed by atoms with Crippen molar-refractivity contribution in [3.05, 3.63) is 44.8 Å². The fourth-order valence-electron chi connectivity index (χ4n) is 2.16. The average Bonchev–Trinajstić information content (AvgIpc) is 3.01. The van der Waals surface area contributed by atoms with Crippen molar-refractivity contribution in [2.45, 2.75) is 21.8 Å². The Bertz CT molecular complexity index is 450. The molecule has 0 aromatic carbocycles. The predicted molar refractivity (Wildman–Crippen MR) is 71.8 cm³/mol. The van der Waals surface area contributed by atoms with E-state index in [1.165, 1.54) is 22.7 Å². The Morgan fingerprint density at radius 2 is 1.41 bits per heavy atom. The third kappa shape index (κ3) is 1.65. The monoisotopic (exact) mass is 332 g/mol. The molecule has 0 aliphatic carbocycles. The first-order chi connectivity index (χ1) is 8.17. The number of aliphatic hydroxyl groups is 2. The maximum absolute atomic E-state index is 10.9. The topological polar surface area (TPSA) is 40.5 Å². The van der Waals surface area contributed by atoms with E-state index in [4.69, 9.17) is 0 Å². The molecular weight excluding hydrogens is 319 g/mol. The van der Waals surface area contributed by atoms with Gasteiger partial charge in [0.1, 0.15) is 0 Å². The standard InChI is InChI=1S/C12H12O2S2Se/c13-11(9-3-1-5-15-9)7-17-8-12(11,14)10-4-2-6-16-10/h1-6,13-14H,7-8H2/t11-,12+. The van der Waals surface area contributed by atoms with Crippen LogP contribution in [0.4, 0.5) is 0 Å². The van der Waals surface area contributed by atoms with Crippen LogP contribution in [0, 0.1) is 0 Å². The van der Waals surface area contributed by atoms with Gasteiger partial charge in [-0.15, -0.1) is 0 Å². The van der Waals surface area contributed by atoms with Crippen LogP contribution in [0.15, 0.2) is 35.0 Å². The van der Waals surface area contributed by atoms with E-state index >= 15 is 0 Å². The van der Waals surface area contributed by atoms with Crippen molar-refractivity contribution >= 4 is 37.6 Å². The minimum absolute atomic E-state index is 0.289. The molecule has 0 unspecified atom stereocenters. The Hall–Kier alpha value is -0.161. The van der Waals surface area contributed by atoms with Gasteiger partial charge in [-0.2, -0.15) is 0 Å². The minimum atomic E-state index is -1.09. The van der Waals surface area contributed by atoms with Crippen molar-refractivity contribution in [3.63, 3.8) is 0 Å². The van der Waals surface area contributed by atoms with Crippen molar-refractivity contribution in [2.24, 2.45) is 0 Å². The van der Waals surface area contributed by atoms with Gasteiger partial charge in [0.15, 0.2) is 0 Å². The first-order valence-electron chi connectivity index (χ1n) is 5.27. The molecule has 0 saturated carbocycles. The number of thiophene rings is 2. The summed E-state index contributed by atoms with van der Waals surface area (Å²) in [6.07, 6.45) is 0. The van der Waals surface area contributed by atoms with E-state index in [2.05, 4.69) is 0 Å². The number of hydrogen-bond donors (Lipinski definition) is 2. The zero-order valence-corrected chi connectivity index (χ0v) is 12.3. The Balaban J connectivity index is 2.11. The second-order valence-corrected chi connectivity index (χ2v) is 8.13. The summed E-state index contributed by atoms with van der Waals surface area (Å²) >= 11 is 3.34. The van der Waals surface area contributed by atoms with E-state index in [0.717, 1.165) is 9.75 Å². The summed E-state index contributed by atoms with van der Waals surface area (Å²) in [5, 5.41) is 27.1. The Morgan fingerprint density at radius 1 is 0.941 bits per heavy atom. The molecule has 2 aromatic heterocycles. The SMILES string of the molecule is O[C@@]1(c2cccs2)C[Se]C[C@]1(O)c1cccs1. The van der Waals surface area contributed by atoms with Crippen LogP contribution >= 0.6 is 22.7 Å². The molecule has 1 aliphatic heterocycles. The van der Waals surface area contributed by atoms with Gasteiger partial charge in [-0.3, -0.25) is 0 Å². The maximum atomic E-state index is 10.9. The van der Waals surface area contributed by atoms with Crippen molar-refractivity contribution in [1.82, 2.24) is 0 Å². The Kier molecular flexibility index (Phi) is 2.94. The molecular formula is C12H12O2S2Se. The van der Waals surface area contributed by atoms with Gasteiger partial charge in [0, 0.05) is 0 Å². The van der Waals surface area contributed by atoms with Crippen LogP contribution in [-0.4, -0.2) is 25.2 Å². The van der Waals surface area contributed by atoms with Crippen LogP contribution in [0.3, 0.4) is 0 Å². The molecule has 2 aromatic rings. The molecule has 2 N–H and O–H groups in total. The van der Waals surface area contributed by atoms with Gasteiger partial charge in [-0.05, 0) is 0 Å². The summed E-state index contributed by atoms with van der Waals surface area (Å²) in [6, 6.07) is 7.70. The molecule has 3 rings (SSSR count). The van der Waals surface area contributed by atoms with Crippen LogP contribution < -0.4 is 0 Å². The molecule has 2 nitrogen and oxygen atoms in total. The molecule has 3 heterocycles. The quantitative estimate of drug-likeness (QED) is 0.830. The Morgan fingerprint density at radius 3 is 1.76 bits per heavy atom. The molecule has 1 aliphatic rings. The van der Waals surface area contributed by atoms with Crippen LogP contribution in [-0.2, 0) is 11.2 Å². The van der Waals surface area contributed by atoms with Gasteiger partial charge in [-0.25, -0.2) is 0 Å². The molecule has 17 heavy (non-hydrogen) atoms. The second kappa shape index (κ2) is 4.19. The van der Waals surface area contributed by atoms with Crippen molar-refractivity contribution in [3.8, 4) is 0 Å². The molecule has 2 atom stereocenters. The van der Waals surface area contributed by atoms with Gasteiger partial charge < -0.3 is 0 Å². The van der Waals surface area contributed by atoms with Gasteiger partial charge in [0.25, 0.3) is 0 Å². The molecule has 1 fully saturated rings. The average molecular weight is 331 g/mol. The van der Waals surface area contributed by atoms with E-state index in [-0.39, 0.29) is 15.0 Å². The summed E-state index contributed by atoms with van der Waals surface area (Å²) in [7, 11) is 0. The van der Waals surface area contributed by atoms with E-state index in [9.17, 15) is 10.2 Å². The first kappa shape index (κ1) is 11.9. The molecule has 0 spiro atoms. The molecule has 0 radical (unpaired) electrons. The van der Waals surface area contributed by atoms with Crippen molar-refractivity contribution < 1.29 is 10.2 Å². The van der Waals surface area contributed by atoms with Crippen LogP contribution in [0.1, 0.15) is 9.75 Å². The third-order valence-electron chi connectivity index (χ3n) is 3.16. The fourth-order valence-corrected chi connectivity index (χ4v) is 7.48. The van der Waals surface area contributed by atoms with Crippen molar-refractivity contribution in [2.75, 3.05) is 0 Å². The zero-order valence-electron chi connectivity index (χ0n) is 9.00. The van der Waals surface area contributed by atoms with Crippen molar-refractivity contribution in [1.29, 1.82) is 0 Å². The molecule has 90 valence electrons. The molecule has 0 bridgehead atoms. The van der Waals surface area contributed by atoms with Gasteiger partial charge in [0.05, 0.1) is 0 Å². The van der Waals surface area contributed by atoms with Gasteiger partial charge in [-0.1, -0.05) is 0 Å². The summed E-state index contributed by atoms with van der Waals surface area (Å²) in [5.74, 6) is 0. The van der Waals surface area contributed by atoms with E-state index < -0.39 is 11.2 Å². The van der Waals surface area contributed by atoms with Gasteiger partial charge in [0.2, 0.25) is 0 Å². The third-order valence-corrected chi connectivity index (χ3v) is 7.82. The molecule has 0 amide bonds. The molecule has 1 saturated heterocycles. The Labute approximate surface area is 114 Å². The summed E-state index contributed by atoms with van der Waals surface area (Å²) in [5.41, 5.74) is -2.18. The van der Waals surface area contributed by atoms with Crippen LogP contribution in [0.5, 0.6) is 0 Å². The number of rotatable bonds is 2. The predicted octanol–water partition coefficient (Wildman–Crippen LogP) is 2.44. The molecule has 5 heteroatoms. The summed E-state index contributed by atoms with van der Waals surface area (Å²) in [6.45, 7) is 0. The zero-order chi connectivity index (χ0) is 11.9. The number of hydrogen-bond acceptors (Lipinski definition) is 4. The summed E-state index contributed by atoms with van der Waals surface area (Å²) in [4.78, 5) is 1.76. The normalized spacial score (nSPS) is 33.1. The van der Waals surface area contributed by atoms with E-state index in [0.29, 0.717) is 10.6 Å². The first-order valence-corrected chi connectivity index (χ1v) is 9.45. The van der Waals surface area contributed by atoms with E-state index in [1.807, 2.05) is 35.0 Å². The van der Waals surface area contributed by atoms with Gasteiger partial charge >= 0.3 is 114 Å². The second-order valence-electron chi connectivity index (χ2n) is 4.17. The summed E-state index contributed by atoms with van der Waals surface area (Å²) < 4.78 is 0.